The van der Waals surface area contributed by atoms with Gasteiger partial charge < -0.3 is 0 Å². The average Bonchev–Trinajstić information content (AvgIpc) is 2.36. The lowest BCUT2D eigenvalue weighted by Crippen LogP contribution is -2.47. The Morgan fingerprint density at radius 2 is 2.12 bits per heavy atom. The fraction of sp³-hybridized carbons (Fsp3) is 0.400. The maximum absolute atomic E-state index is 2.42. The Morgan fingerprint density at radius 3 is 3.00 bits per heavy atom. The molecule has 0 fully saturated rings. The van der Waals surface area contributed by atoms with Crippen LogP contribution in [0.1, 0.15) is 38.4 Å². The summed E-state index contributed by atoms with van der Waals surface area (Å²) in [4.78, 5) is 0. The zero-order valence-electron chi connectivity index (χ0n) is 9.98. The molecule has 0 spiro atoms. The first-order chi connectivity index (χ1) is 7.79. The first-order valence-corrected chi connectivity index (χ1v) is 6.19. The molecule has 0 saturated heterocycles. The highest BCUT2D eigenvalue weighted by molar-refractivity contribution is 5.75. The summed E-state index contributed by atoms with van der Waals surface area (Å²) in [7, 11) is 0. The lowest BCUT2D eigenvalue weighted by molar-refractivity contribution is -0.728. The molecule has 16 heavy (non-hydrogen) atoms. The van der Waals surface area contributed by atoms with Gasteiger partial charge in [-0.2, -0.15) is 4.57 Å². The molecule has 1 aromatic rings. The van der Waals surface area contributed by atoms with E-state index in [2.05, 4.69) is 55.0 Å². The van der Waals surface area contributed by atoms with E-state index in [1.54, 1.807) is 5.57 Å². The number of pyridine rings is 1. The van der Waals surface area contributed by atoms with Gasteiger partial charge in [-0.3, -0.25) is 0 Å². The van der Waals surface area contributed by atoms with Crippen LogP contribution >= 0.6 is 0 Å². The second-order valence-electron chi connectivity index (χ2n) is 4.90. The van der Waals surface area contributed by atoms with Gasteiger partial charge in [0.15, 0.2) is 12.2 Å². The predicted molar refractivity (Wildman–Crippen MR) is 65.8 cm³/mol. The van der Waals surface area contributed by atoms with Crippen LogP contribution in [0.3, 0.4) is 0 Å². The zero-order chi connectivity index (χ0) is 11.1. The summed E-state index contributed by atoms with van der Waals surface area (Å²) in [6, 6.07) is 7.10. The summed E-state index contributed by atoms with van der Waals surface area (Å²) in [5, 5.41) is 0. The monoisotopic (exact) mass is 212 g/mol. The molecule has 1 heteroatoms. The van der Waals surface area contributed by atoms with Crippen LogP contribution in [0.5, 0.6) is 0 Å². The molecule has 3 rings (SSSR count). The molecule has 2 heterocycles. The van der Waals surface area contributed by atoms with E-state index in [1.807, 2.05) is 0 Å². The third-order valence-corrected chi connectivity index (χ3v) is 4.09. The van der Waals surface area contributed by atoms with Crippen molar-refractivity contribution < 1.29 is 4.57 Å². The molecule has 1 aliphatic carbocycles. The SMILES string of the molecule is CC1C2=C(C=CCC2)c2cccc[n+]2C1C. The van der Waals surface area contributed by atoms with E-state index in [-0.39, 0.29) is 0 Å². The van der Waals surface area contributed by atoms with Gasteiger partial charge in [0.25, 0.3) is 0 Å². The molecule has 2 unspecified atom stereocenters. The van der Waals surface area contributed by atoms with Crippen LogP contribution in [-0.4, -0.2) is 0 Å². The normalized spacial score (nSPS) is 27.6. The van der Waals surface area contributed by atoms with Crippen molar-refractivity contribution in [2.45, 2.75) is 32.7 Å². The molecule has 1 aliphatic heterocycles. The fourth-order valence-electron chi connectivity index (χ4n) is 2.98. The molecular formula is C15H18N+. The van der Waals surface area contributed by atoms with Crippen molar-refractivity contribution in [3.05, 3.63) is 47.8 Å². The van der Waals surface area contributed by atoms with E-state index >= 15 is 0 Å². The lowest BCUT2D eigenvalue weighted by Gasteiger charge is -2.29. The fourth-order valence-corrected chi connectivity index (χ4v) is 2.98. The topological polar surface area (TPSA) is 3.88 Å². The van der Waals surface area contributed by atoms with Gasteiger partial charge in [-0.15, -0.1) is 0 Å². The summed E-state index contributed by atoms with van der Waals surface area (Å²) in [6.45, 7) is 4.69. The van der Waals surface area contributed by atoms with Crippen molar-refractivity contribution in [3.8, 4) is 0 Å². The van der Waals surface area contributed by atoms with Gasteiger partial charge in [0.05, 0.1) is 0 Å². The lowest BCUT2D eigenvalue weighted by atomic mass is 9.80. The van der Waals surface area contributed by atoms with Crippen molar-refractivity contribution in [2.75, 3.05) is 0 Å². The van der Waals surface area contributed by atoms with E-state index < -0.39 is 0 Å². The quantitative estimate of drug-likeness (QED) is 0.581. The van der Waals surface area contributed by atoms with Crippen LogP contribution in [-0.2, 0) is 0 Å². The van der Waals surface area contributed by atoms with Crippen molar-refractivity contribution in [1.82, 2.24) is 0 Å². The van der Waals surface area contributed by atoms with Crippen LogP contribution in [0.15, 0.2) is 42.1 Å². The Hall–Kier alpha value is -1.37. The Bertz CT molecular complexity index is 482. The van der Waals surface area contributed by atoms with Crippen molar-refractivity contribution >= 4 is 5.57 Å². The maximum atomic E-state index is 2.42. The Morgan fingerprint density at radius 1 is 1.25 bits per heavy atom. The van der Waals surface area contributed by atoms with E-state index in [0.29, 0.717) is 12.0 Å². The van der Waals surface area contributed by atoms with Gasteiger partial charge in [-0.1, -0.05) is 19.1 Å². The van der Waals surface area contributed by atoms with E-state index in [9.17, 15) is 0 Å². The van der Waals surface area contributed by atoms with Crippen LogP contribution < -0.4 is 4.57 Å². The molecule has 0 aromatic carbocycles. The predicted octanol–water partition coefficient (Wildman–Crippen LogP) is 3.29. The van der Waals surface area contributed by atoms with Crippen LogP contribution in [0.4, 0.5) is 0 Å². The zero-order valence-corrected chi connectivity index (χ0v) is 9.98. The Labute approximate surface area is 97.1 Å². The maximum Gasteiger partial charge on any atom is 0.212 e. The molecule has 0 bridgehead atoms. The molecule has 1 aromatic heterocycles. The summed E-state index contributed by atoms with van der Waals surface area (Å²) >= 11 is 0. The van der Waals surface area contributed by atoms with Crippen molar-refractivity contribution in [1.29, 1.82) is 0 Å². The number of rotatable bonds is 0. The Balaban J connectivity index is 2.24. The number of hydrogen-bond acceptors (Lipinski definition) is 0. The van der Waals surface area contributed by atoms with E-state index in [4.69, 9.17) is 0 Å². The second-order valence-corrected chi connectivity index (χ2v) is 4.90. The molecule has 1 nitrogen and oxygen atoms in total. The van der Waals surface area contributed by atoms with Gasteiger partial charge in [0.2, 0.25) is 5.69 Å². The van der Waals surface area contributed by atoms with Crippen LogP contribution in [0, 0.1) is 5.92 Å². The molecule has 2 atom stereocenters. The number of fused-ring (bicyclic) bond motifs is 2. The standard InChI is InChI=1S/C15H18N/c1-11-12(2)16-10-6-5-9-15(16)14-8-4-3-7-13(11)14/h4-6,8-12H,3,7H2,1-2H3/q+1. The Kier molecular flexibility index (Phi) is 2.20. The number of allylic oxidation sites excluding steroid dienone is 4. The highest BCUT2D eigenvalue weighted by Gasteiger charge is 2.35. The minimum absolute atomic E-state index is 0.585. The van der Waals surface area contributed by atoms with Gasteiger partial charge >= 0.3 is 0 Å². The van der Waals surface area contributed by atoms with Gasteiger partial charge in [-0.25, -0.2) is 0 Å². The molecule has 0 N–H and O–H groups in total. The highest BCUT2D eigenvalue weighted by atomic mass is 15.0. The average molecular weight is 212 g/mol. The molecule has 0 radical (unpaired) electrons. The molecular weight excluding hydrogens is 194 g/mol. The third kappa shape index (κ3) is 1.27. The molecule has 82 valence electrons. The van der Waals surface area contributed by atoms with Gasteiger partial charge in [0.1, 0.15) is 0 Å². The first kappa shape index (κ1) is 9.83. The molecule has 0 amide bonds. The van der Waals surface area contributed by atoms with Crippen molar-refractivity contribution in [2.24, 2.45) is 5.92 Å². The minimum Gasteiger partial charge on any atom is -0.195 e. The highest BCUT2D eigenvalue weighted by Crippen LogP contribution is 2.38. The molecule has 2 aliphatic rings. The van der Waals surface area contributed by atoms with Crippen LogP contribution in [0.2, 0.25) is 0 Å². The summed E-state index contributed by atoms with van der Waals surface area (Å²) < 4.78 is 2.42. The number of hydrogen-bond donors (Lipinski definition) is 0. The van der Waals surface area contributed by atoms with Crippen molar-refractivity contribution in [3.63, 3.8) is 0 Å². The minimum atomic E-state index is 0.585. The summed E-state index contributed by atoms with van der Waals surface area (Å²) in [5.74, 6) is 0.667. The smallest absolute Gasteiger partial charge is 0.195 e. The summed E-state index contributed by atoms with van der Waals surface area (Å²) in [6.07, 6.45) is 9.28. The van der Waals surface area contributed by atoms with Gasteiger partial charge in [0, 0.05) is 23.6 Å². The molecule has 0 saturated carbocycles. The second kappa shape index (κ2) is 3.58. The first-order valence-electron chi connectivity index (χ1n) is 6.19. The largest absolute Gasteiger partial charge is 0.212 e. The van der Waals surface area contributed by atoms with E-state index in [1.165, 1.54) is 24.1 Å². The number of aromatic nitrogens is 1. The van der Waals surface area contributed by atoms with Crippen LogP contribution in [0.25, 0.3) is 5.57 Å². The van der Waals surface area contributed by atoms with E-state index in [0.717, 1.165) is 0 Å². The van der Waals surface area contributed by atoms with Gasteiger partial charge in [-0.05, 0) is 31.4 Å². The number of nitrogens with zero attached hydrogens (tertiary/aromatic N) is 1. The summed E-state index contributed by atoms with van der Waals surface area (Å²) in [5.41, 5.74) is 4.51. The third-order valence-electron chi connectivity index (χ3n) is 4.09.